The first-order valence-corrected chi connectivity index (χ1v) is 15.7. The van der Waals surface area contributed by atoms with Crippen LogP contribution in [0.3, 0.4) is 0 Å². The largest absolute Gasteiger partial charge is 0.550 e. The van der Waals surface area contributed by atoms with Gasteiger partial charge in [0.15, 0.2) is 5.75 Å². The minimum atomic E-state index is -5.16. The summed E-state index contributed by atoms with van der Waals surface area (Å²) < 4.78 is 143. The Morgan fingerprint density at radius 1 is 0.863 bits per heavy atom. The molecule has 3 aromatic rings. The van der Waals surface area contributed by atoms with Crippen molar-refractivity contribution >= 4 is 24.5 Å². The fourth-order valence-corrected chi connectivity index (χ4v) is 5.40. The minimum Gasteiger partial charge on any atom is -0.550 e. The van der Waals surface area contributed by atoms with Crippen LogP contribution in [0, 0.1) is 0 Å². The Labute approximate surface area is 288 Å². The molecule has 1 fully saturated rings. The van der Waals surface area contributed by atoms with Crippen LogP contribution in [0.4, 0.5) is 45.5 Å². The van der Waals surface area contributed by atoms with Gasteiger partial charge in [-0.15, -0.1) is 0 Å². The van der Waals surface area contributed by atoms with Crippen LogP contribution in [0.2, 0.25) is 0 Å². The molecule has 0 bridgehead atoms. The first kappa shape index (κ1) is 39.7. The van der Waals surface area contributed by atoms with Crippen LogP contribution in [0.5, 0.6) is 5.75 Å². The molecule has 18 heteroatoms. The molecule has 0 radical (unpaired) electrons. The van der Waals surface area contributed by atoms with E-state index in [1.165, 1.54) is 4.90 Å². The van der Waals surface area contributed by atoms with E-state index >= 15 is 0 Å². The van der Waals surface area contributed by atoms with Crippen LogP contribution < -0.4 is 20.2 Å². The summed E-state index contributed by atoms with van der Waals surface area (Å²) in [6.07, 6.45) is -13.2. The fraction of sp³-hybridized carbons (Fsp3) is 0.485. The highest BCUT2D eigenvalue weighted by molar-refractivity contribution is 6.62. The summed E-state index contributed by atoms with van der Waals surface area (Å²) in [5.74, 6) is -1.53. The number of benzene rings is 2. The summed E-state index contributed by atoms with van der Waals surface area (Å²) in [5.41, 5.74) is -6.47. The van der Waals surface area contributed by atoms with Crippen LogP contribution in [-0.2, 0) is 39.2 Å². The number of aliphatic carboxylic acids is 1. The average molecular weight is 734 g/mol. The number of alkyl halides is 9. The second kappa shape index (κ2) is 14.5. The molecule has 0 amide bonds. The molecule has 0 saturated carbocycles. The number of carboxylic acids is 1. The van der Waals surface area contributed by atoms with Crippen LogP contribution in [0.15, 0.2) is 48.8 Å². The number of carboxylic acid groups (broad SMARTS) is 1. The monoisotopic (exact) mass is 734 g/mol. The lowest BCUT2D eigenvalue weighted by Gasteiger charge is -2.34. The number of nitrogens with zero attached hydrogens (tertiary/aromatic N) is 3. The van der Waals surface area contributed by atoms with Gasteiger partial charge in [0.05, 0.1) is 52.9 Å². The molecule has 0 spiro atoms. The maximum atomic E-state index is 14.1. The number of hydrogen-bond donors (Lipinski definition) is 0. The molecule has 278 valence electrons. The van der Waals surface area contributed by atoms with Gasteiger partial charge in [-0.1, -0.05) is 19.1 Å². The van der Waals surface area contributed by atoms with E-state index in [2.05, 4.69) is 9.97 Å². The Bertz CT molecular complexity index is 1650. The van der Waals surface area contributed by atoms with Crippen LogP contribution in [0.1, 0.15) is 87.7 Å². The number of anilines is 1. The summed E-state index contributed by atoms with van der Waals surface area (Å²) in [4.78, 5) is 20.3. The van der Waals surface area contributed by atoms with Crippen LogP contribution in [0.25, 0.3) is 0 Å². The average Bonchev–Trinajstić information content (AvgIpc) is 3.23. The van der Waals surface area contributed by atoms with Gasteiger partial charge in [0.25, 0.3) is 0 Å². The van der Waals surface area contributed by atoms with Crippen molar-refractivity contribution in [2.75, 3.05) is 11.5 Å². The van der Waals surface area contributed by atoms with E-state index in [-0.39, 0.29) is 54.7 Å². The van der Waals surface area contributed by atoms with Gasteiger partial charge < -0.3 is 28.8 Å². The van der Waals surface area contributed by atoms with Gasteiger partial charge in [-0.2, -0.15) is 39.5 Å². The number of ether oxygens (including phenoxy) is 1. The highest BCUT2D eigenvalue weighted by atomic mass is 19.4. The number of carbonyl (C=O) groups is 1. The van der Waals surface area contributed by atoms with E-state index in [0.717, 1.165) is 30.6 Å². The molecule has 0 aliphatic carbocycles. The zero-order valence-electron chi connectivity index (χ0n) is 28.1. The Balaban J connectivity index is 1.89. The van der Waals surface area contributed by atoms with Gasteiger partial charge in [0.2, 0.25) is 5.95 Å². The lowest BCUT2D eigenvalue weighted by molar-refractivity contribution is -0.305. The molecule has 2 heterocycles. The van der Waals surface area contributed by atoms with Gasteiger partial charge in [0, 0.05) is 12.5 Å². The summed E-state index contributed by atoms with van der Waals surface area (Å²) in [5, 5.41) is 10.7. The maximum absolute atomic E-state index is 14.1. The Morgan fingerprint density at radius 3 is 1.86 bits per heavy atom. The third kappa shape index (κ3) is 9.44. The van der Waals surface area contributed by atoms with Crippen molar-refractivity contribution < 1.29 is 63.5 Å². The molecule has 1 unspecified atom stereocenters. The van der Waals surface area contributed by atoms with E-state index in [0.29, 0.717) is 12.1 Å². The van der Waals surface area contributed by atoms with Crippen molar-refractivity contribution in [1.82, 2.24) is 9.97 Å². The molecule has 8 nitrogen and oxygen atoms in total. The molecule has 1 aromatic heterocycles. The number of halogens is 9. The van der Waals surface area contributed by atoms with Crippen molar-refractivity contribution in [2.45, 2.75) is 96.2 Å². The Morgan fingerprint density at radius 2 is 1.39 bits per heavy atom. The normalized spacial score (nSPS) is 16.6. The first-order chi connectivity index (χ1) is 23.4. The predicted molar refractivity (Wildman–Crippen MR) is 165 cm³/mol. The first-order valence-electron chi connectivity index (χ1n) is 15.7. The molecule has 1 saturated heterocycles. The van der Waals surface area contributed by atoms with Crippen LogP contribution in [-0.4, -0.2) is 40.9 Å². The van der Waals surface area contributed by atoms with E-state index < -0.39 is 77.7 Å². The second-order valence-corrected chi connectivity index (χ2v) is 12.9. The standard InChI is InChI=1S/C33H35BF9N3O5/c1-6-26(24-15-20(31(35,36)37)9-10-25(24)34-50-29(2,3)30(4,5)51-34)46(28-44-16-23(17-45-28)49-11-7-8-27(47)48)18-19-12-21(32(38,39)40)14-22(13-19)33(41,42)43/h9-10,12-17,26H,6-8,11,18H2,1-5H3,(H,47,48)/p-1. The van der Waals surface area contributed by atoms with E-state index in [4.69, 9.17) is 14.0 Å². The predicted octanol–water partition coefficient (Wildman–Crippen LogP) is 6.90. The molecule has 4 rings (SSSR count). The molecular weight excluding hydrogens is 700 g/mol. The SMILES string of the molecule is CCC(c1cc(C(F)(F)F)ccc1B1OC(C)(C)C(C)(C)O1)N(Cc1cc(C(F)(F)F)cc(C(F)(F)F)c1)c1ncc(OCCCC(=O)[O-])cn1. The lowest BCUT2D eigenvalue weighted by Crippen LogP contribution is -2.41. The smallest absolute Gasteiger partial charge is 0.495 e. The summed E-state index contributed by atoms with van der Waals surface area (Å²) in [6.45, 7) is 7.67. The van der Waals surface area contributed by atoms with Gasteiger partial charge in [-0.05, 0) is 87.8 Å². The minimum absolute atomic E-state index is 0.0304. The van der Waals surface area contributed by atoms with Crippen molar-refractivity contribution in [3.63, 3.8) is 0 Å². The van der Waals surface area contributed by atoms with Gasteiger partial charge >= 0.3 is 25.6 Å². The third-order valence-corrected chi connectivity index (χ3v) is 8.71. The van der Waals surface area contributed by atoms with Crippen LogP contribution >= 0.6 is 0 Å². The van der Waals surface area contributed by atoms with Crippen molar-refractivity contribution in [3.05, 3.63) is 76.6 Å². The summed E-state index contributed by atoms with van der Waals surface area (Å²) in [7, 11) is -1.20. The molecule has 1 aliphatic heterocycles. The van der Waals surface area contributed by atoms with E-state index in [9.17, 15) is 49.4 Å². The highest BCUT2D eigenvalue weighted by Crippen LogP contribution is 2.41. The molecule has 2 aromatic carbocycles. The van der Waals surface area contributed by atoms with Gasteiger partial charge in [0.1, 0.15) is 0 Å². The number of rotatable bonds is 12. The third-order valence-electron chi connectivity index (χ3n) is 8.71. The maximum Gasteiger partial charge on any atom is 0.495 e. The molecule has 1 atom stereocenters. The highest BCUT2D eigenvalue weighted by Gasteiger charge is 2.53. The Hall–Kier alpha value is -4.06. The molecular formula is C33H34BF9N3O5-. The zero-order valence-corrected chi connectivity index (χ0v) is 28.1. The van der Waals surface area contributed by atoms with Crippen molar-refractivity contribution in [3.8, 4) is 5.75 Å². The quantitative estimate of drug-likeness (QED) is 0.113. The molecule has 1 aliphatic rings. The second-order valence-electron chi connectivity index (χ2n) is 12.9. The fourth-order valence-electron chi connectivity index (χ4n) is 5.40. The van der Waals surface area contributed by atoms with Gasteiger partial charge in [-0.25, -0.2) is 9.97 Å². The van der Waals surface area contributed by atoms with Gasteiger partial charge in [-0.3, -0.25) is 0 Å². The lowest BCUT2D eigenvalue weighted by atomic mass is 9.73. The van der Waals surface area contributed by atoms with Crippen molar-refractivity contribution in [1.29, 1.82) is 0 Å². The molecule has 0 N–H and O–H groups in total. The number of carbonyl (C=O) groups excluding carboxylic acids is 1. The summed E-state index contributed by atoms with van der Waals surface area (Å²) in [6, 6.07) is 2.64. The van der Waals surface area contributed by atoms with Crippen molar-refractivity contribution in [2.24, 2.45) is 0 Å². The summed E-state index contributed by atoms with van der Waals surface area (Å²) >= 11 is 0. The zero-order chi connectivity index (χ0) is 38.2. The van der Waals surface area contributed by atoms with E-state index in [1.54, 1.807) is 34.6 Å². The molecule has 51 heavy (non-hydrogen) atoms. The Kier molecular flexibility index (Phi) is 11.3. The number of aromatic nitrogens is 2. The number of hydrogen-bond acceptors (Lipinski definition) is 8. The van der Waals surface area contributed by atoms with E-state index in [1.807, 2.05) is 0 Å². The topological polar surface area (TPSA) is 96.8 Å².